The molecule has 2 rings (SSSR count). The van der Waals surface area contributed by atoms with Crippen LogP contribution in [-0.2, 0) is 6.42 Å². The summed E-state index contributed by atoms with van der Waals surface area (Å²) in [4.78, 5) is 4.90. The maximum absolute atomic E-state index is 5.11. The lowest BCUT2D eigenvalue weighted by Crippen LogP contribution is -1.70. The molecule has 0 unspecified atom stereocenters. The van der Waals surface area contributed by atoms with Gasteiger partial charge in [0.1, 0.15) is 17.7 Å². The van der Waals surface area contributed by atoms with Crippen molar-refractivity contribution in [1.82, 2.24) is 0 Å². The van der Waals surface area contributed by atoms with Crippen LogP contribution in [0.2, 0.25) is 0 Å². The lowest BCUT2D eigenvalue weighted by Gasteiger charge is -1.80. The molecule has 1 aromatic rings. The van der Waals surface area contributed by atoms with Crippen molar-refractivity contribution >= 4 is 24.5 Å². The molecule has 1 aliphatic heterocycles. The van der Waals surface area contributed by atoms with Crippen molar-refractivity contribution in [2.24, 2.45) is 4.99 Å². The first-order valence-electron chi connectivity index (χ1n) is 2.70. The molecule has 0 spiro atoms. The molecule has 0 aliphatic carbocycles. The molecule has 0 fully saturated rings. The maximum atomic E-state index is 5.11. The first-order chi connectivity index (χ1) is 4.38. The van der Waals surface area contributed by atoms with Gasteiger partial charge in [0.05, 0.1) is 4.90 Å². The minimum absolute atomic E-state index is 0.815. The summed E-state index contributed by atoms with van der Waals surface area (Å²) in [5.41, 5.74) is 0.901. The Morgan fingerprint density at radius 1 is 1.67 bits per heavy atom. The zero-order chi connectivity index (χ0) is 6.27. The molecule has 0 saturated carbocycles. The standard InChI is InChI=1S/C6H5NOS/c9-5-3-8-4-1-2-7-6(4)5/h2-3,9H,1H2. The van der Waals surface area contributed by atoms with Crippen molar-refractivity contribution in [3.05, 3.63) is 12.0 Å². The third kappa shape index (κ3) is 0.612. The summed E-state index contributed by atoms with van der Waals surface area (Å²) in [6, 6.07) is 0. The minimum Gasteiger partial charge on any atom is -0.465 e. The second kappa shape index (κ2) is 1.64. The number of furan rings is 1. The number of hydrogen-bond acceptors (Lipinski definition) is 3. The van der Waals surface area contributed by atoms with E-state index in [1.165, 1.54) is 0 Å². The Labute approximate surface area is 58.0 Å². The van der Waals surface area contributed by atoms with Crippen molar-refractivity contribution in [2.75, 3.05) is 0 Å². The van der Waals surface area contributed by atoms with Gasteiger partial charge in [-0.3, -0.25) is 4.99 Å². The van der Waals surface area contributed by atoms with Gasteiger partial charge in [-0.1, -0.05) is 0 Å². The third-order valence-corrected chi connectivity index (χ3v) is 1.63. The van der Waals surface area contributed by atoms with Gasteiger partial charge in [-0.25, -0.2) is 0 Å². The number of aliphatic imine (C=N–C) groups is 1. The smallest absolute Gasteiger partial charge is 0.135 e. The van der Waals surface area contributed by atoms with E-state index < -0.39 is 0 Å². The Hall–Kier alpha value is -0.700. The average Bonchev–Trinajstić information content (AvgIpc) is 2.35. The van der Waals surface area contributed by atoms with Gasteiger partial charge in [0.2, 0.25) is 0 Å². The van der Waals surface area contributed by atoms with Crippen molar-refractivity contribution in [2.45, 2.75) is 11.3 Å². The third-order valence-electron chi connectivity index (χ3n) is 1.32. The molecule has 0 aromatic carbocycles. The fourth-order valence-electron chi connectivity index (χ4n) is 0.884. The van der Waals surface area contributed by atoms with Crippen LogP contribution in [-0.4, -0.2) is 6.21 Å². The predicted octanol–water partition coefficient (Wildman–Crippen LogP) is 1.83. The van der Waals surface area contributed by atoms with Crippen LogP contribution in [0.3, 0.4) is 0 Å². The molecule has 46 valence electrons. The zero-order valence-corrected chi connectivity index (χ0v) is 5.56. The van der Waals surface area contributed by atoms with Crippen LogP contribution in [0.15, 0.2) is 20.6 Å². The Balaban J connectivity index is 2.67. The molecule has 0 saturated heterocycles. The summed E-state index contributed by atoms with van der Waals surface area (Å²) in [6.07, 6.45) is 4.26. The lowest BCUT2D eigenvalue weighted by atomic mass is 10.4. The average molecular weight is 139 g/mol. The Kier molecular flexibility index (Phi) is 0.931. The van der Waals surface area contributed by atoms with Crippen LogP contribution in [0.4, 0.5) is 5.69 Å². The van der Waals surface area contributed by atoms with E-state index in [0.717, 1.165) is 22.8 Å². The van der Waals surface area contributed by atoms with E-state index in [1.807, 2.05) is 6.21 Å². The van der Waals surface area contributed by atoms with Crippen LogP contribution in [0.5, 0.6) is 0 Å². The van der Waals surface area contributed by atoms with Crippen LogP contribution < -0.4 is 0 Å². The second-order valence-corrected chi connectivity index (χ2v) is 2.39. The van der Waals surface area contributed by atoms with Crippen molar-refractivity contribution in [3.8, 4) is 0 Å². The van der Waals surface area contributed by atoms with Crippen molar-refractivity contribution < 1.29 is 4.42 Å². The summed E-state index contributed by atoms with van der Waals surface area (Å²) in [7, 11) is 0. The highest BCUT2D eigenvalue weighted by Gasteiger charge is 2.12. The second-order valence-electron chi connectivity index (χ2n) is 1.91. The van der Waals surface area contributed by atoms with Crippen LogP contribution in [0.1, 0.15) is 5.76 Å². The largest absolute Gasteiger partial charge is 0.465 e. The van der Waals surface area contributed by atoms with Crippen molar-refractivity contribution in [1.29, 1.82) is 0 Å². The Morgan fingerprint density at radius 3 is 3.33 bits per heavy atom. The monoisotopic (exact) mass is 139 g/mol. The number of rotatable bonds is 0. The van der Waals surface area contributed by atoms with Gasteiger partial charge in [0.15, 0.2) is 0 Å². The van der Waals surface area contributed by atoms with Gasteiger partial charge >= 0.3 is 0 Å². The first kappa shape index (κ1) is 5.11. The van der Waals surface area contributed by atoms with E-state index in [0.29, 0.717) is 0 Å². The lowest BCUT2D eigenvalue weighted by molar-refractivity contribution is 0.526. The van der Waals surface area contributed by atoms with Gasteiger partial charge in [-0.2, -0.15) is 0 Å². The first-order valence-corrected chi connectivity index (χ1v) is 3.14. The molecule has 0 radical (unpaired) electrons. The normalized spacial score (nSPS) is 14.3. The molecule has 1 aromatic heterocycles. The molecule has 3 heteroatoms. The minimum atomic E-state index is 0.815. The number of hydrogen-bond donors (Lipinski definition) is 1. The molecule has 1 aliphatic rings. The van der Waals surface area contributed by atoms with E-state index in [-0.39, 0.29) is 0 Å². The number of nitrogens with zero attached hydrogens (tertiary/aromatic N) is 1. The molecule has 2 heterocycles. The summed E-state index contributed by atoms with van der Waals surface area (Å²) >= 11 is 4.13. The number of thiol groups is 1. The zero-order valence-electron chi connectivity index (χ0n) is 4.66. The van der Waals surface area contributed by atoms with Crippen LogP contribution >= 0.6 is 12.6 Å². The van der Waals surface area contributed by atoms with E-state index >= 15 is 0 Å². The summed E-state index contributed by atoms with van der Waals surface area (Å²) in [6.45, 7) is 0. The molecule has 2 nitrogen and oxygen atoms in total. The van der Waals surface area contributed by atoms with Crippen LogP contribution in [0, 0.1) is 0 Å². The molecule has 0 N–H and O–H groups in total. The Morgan fingerprint density at radius 2 is 2.56 bits per heavy atom. The summed E-state index contributed by atoms with van der Waals surface area (Å²) < 4.78 is 5.11. The molecule has 9 heavy (non-hydrogen) atoms. The van der Waals surface area contributed by atoms with E-state index in [2.05, 4.69) is 17.6 Å². The molecular weight excluding hydrogens is 134 g/mol. The Bertz CT molecular complexity index is 264. The highest BCUT2D eigenvalue weighted by atomic mass is 32.1. The van der Waals surface area contributed by atoms with Gasteiger partial charge in [0.25, 0.3) is 0 Å². The van der Waals surface area contributed by atoms with Gasteiger partial charge < -0.3 is 4.42 Å². The predicted molar refractivity (Wildman–Crippen MR) is 37.8 cm³/mol. The van der Waals surface area contributed by atoms with Crippen molar-refractivity contribution in [3.63, 3.8) is 0 Å². The molecule has 0 atom stereocenters. The fraction of sp³-hybridized carbons (Fsp3) is 0.167. The molecular formula is C6H5NOS. The fourth-order valence-corrected chi connectivity index (χ4v) is 1.12. The highest BCUT2D eigenvalue weighted by Crippen LogP contribution is 2.32. The van der Waals surface area contributed by atoms with E-state index in [1.54, 1.807) is 6.26 Å². The van der Waals surface area contributed by atoms with E-state index in [4.69, 9.17) is 4.42 Å². The molecule has 0 amide bonds. The highest BCUT2D eigenvalue weighted by molar-refractivity contribution is 7.80. The van der Waals surface area contributed by atoms with Gasteiger partial charge in [-0.05, 0) is 0 Å². The van der Waals surface area contributed by atoms with Gasteiger partial charge in [-0.15, -0.1) is 12.6 Å². The quantitative estimate of drug-likeness (QED) is 0.545. The maximum Gasteiger partial charge on any atom is 0.135 e. The summed E-state index contributed by atoms with van der Waals surface area (Å²) in [5.74, 6) is 0.931. The summed E-state index contributed by atoms with van der Waals surface area (Å²) in [5, 5.41) is 0. The van der Waals surface area contributed by atoms with Crippen LogP contribution in [0.25, 0.3) is 0 Å². The van der Waals surface area contributed by atoms with Gasteiger partial charge in [0, 0.05) is 12.6 Å². The SMILES string of the molecule is Sc1coc2c1N=CC2. The molecule has 0 bridgehead atoms. The van der Waals surface area contributed by atoms with E-state index in [9.17, 15) is 0 Å². The topological polar surface area (TPSA) is 25.5 Å². The number of fused-ring (bicyclic) bond motifs is 1.